The number of hydrogen-bond donors (Lipinski definition) is 1. The number of anilines is 1. The van der Waals surface area contributed by atoms with Gasteiger partial charge in [0.05, 0.1) is 12.0 Å². The van der Waals surface area contributed by atoms with Gasteiger partial charge in [0.2, 0.25) is 5.91 Å². The van der Waals surface area contributed by atoms with Crippen molar-refractivity contribution < 1.29 is 27.9 Å². The number of halogens is 3. The number of alkyl halides is 3. The average Bonchev–Trinajstić information content (AvgIpc) is 2.77. The third kappa shape index (κ3) is 5.69. The second-order valence-electron chi connectivity index (χ2n) is 8.33. The fraction of sp³-hybridized carbons (Fsp3) is 0.440. The van der Waals surface area contributed by atoms with Gasteiger partial charge in [-0.2, -0.15) is 13.2 Å². The molecule has 1 saturated carbocycles. The number of carbonyl (C=O) groups is 2. The number of hydrogen-bond acceptors (Lipinski definition) is 2. The van der Waals surface area contributed by atoms with Gasteiger partial charge >= 0.3 is 12.1 Å². The van der Waals surface area contributed by atoms with Crippen molar-refractivity contribution in [1.29, 1.82) is 0 Å². The number of amides is 1. The van der Waals surface area contributed by atoms with Gasteiger partial charge in [-0.3, -0.25) is 9.69 Å². The van der Waals surface area contributed by atoms with Crippen LogP contribution in [0.25, 0.3) is 0 Å². The molecule has 3 rings (SSSR count). The molecule has 0 heterocycles. The average molecular weight is 447 g/mol. The fourth-order valence-corrected chi connectivity index (χ4v) is 4.43. The van der Waals surface area contributed by atoms with E-state index in [-0.39, 0.29) is 18.4 Å². The van der Waals surface area contributed by atoms with E-state index in [1.54, 1.807) is 19.1 Å². The molecular formula is C25H28F3NO3. The first-order chi connectivity index (χ1) is 15.2. The second-order valence-corrected chi connectivity index (χ2v) is 8.33. The summed E-state index contributed by atoms with van der Waals surface area (Å²) in [5.41, 5.74) is 0.961. The Labute approximate surface area is 186 Å². The zero-order valence-electron chi connectivity index (χ0n) is 18.1. The molecule has 172 valence electrons. The third-order valence-corrected chi connectivity index (χ3v) is 6.11. The van der Waals surface area contributed by atoms with E-state index in [0.717, 1.165) is 25.0 Å². The number of carbonyl (C=O) groups excluding carboxylic acids is 1. The van der Waals surface area contributed by atoms with Crippen molar-refractivity contribution in [3.63, 3.8) is 0 Å². The minimum absolute atomic E-state index is 0.175. The van der Waals surface area contributed by atoms with Gasteiger partial charge < -0.3 is 5.11 Å². The van der Waals surface area contributed by atoms with Crippen LogP contribution >= 0.6 is 0 Å². The maximum atomic E-state index is 13.1. The smallest absolute Gasteiger partial charge is 0.416 e. The molecule has 1 atom stereocenters. The molecule has 2 aromatic carbocycles. The Bertz CT molecular complexity index is 934. The highest BCUT2D eigenvalue weighted by Gasteiger charge is 2.32. The van der Waals surface area contributed by atoms with Crippen LogP contribution in [0.1, 0.15) is 68.1 Å². The molecule has 0 saturated heterocycles. The standard InChI is InChI=1S/C25H28F3NO3/c1-2-22(24(31)32)29(21-13-11-19(12-14-21)18-8-4-3-5-9-18)23(30)16-17-7-6-10-20(15-17)25(26,27)28/h6-7,10-15,18,22H,2-5,8-9,16H2,1H3,(H,31,32). The van der Waals surface area contributed by atoms with Crippen LogP contribution in [-0.4, -0.2) is 23.0 Å². The number of carboxylic acids is 1. The summed E-state index contributed by atoms with van der Waals surface area (Å²) < 4.78 is 39.1. The summed E-state index contributed by atoms with van der Waals surface area (Å²) in [6.07, 6.45) is 1.18. The lowest BCUT2D eigenvalue weighted by Gasteiger charge is -2.29. The van der Waals surface area contributed by atoms with Gasteiger partial charge in [0.15, 0.2) is 0 Å². The first kappa shape index (κ1) is 23.8. The molecule has 1 unspecified atom stereocenters. The Kier molecular flexibility index (Phi) is 7.59. The first-order valence-corrected chi connectivity index (χ1v) is 11.0. The Morgan fingerprint density at radius 1 is 1.06 bits per heavy atom. The van der Waals surface area contributed by atoms with E-state index in [4.69, 9.17) is 0 Å². The van der Waals surface area contributed by atoms with Crippen molar-refractivity contribution >= 4 is 17.6 Å². The lowest BCUT2D eigenvalue weighted by atomic mass is 9.84. The number of benzene rings is 2. The van der Waals surface area contributed by atoms with E-state index < -0.39 is 29.7 Å². The molecule has 1 aliphatic carbocycles. The van der Waals surface area contributed by atoms with E-state index >= 15 is 0 Å². The van der Waals surface area contributed by atoms with Crippen LogP contribution in [0.5, 0.6) is 0 Å². The molecule has 4 nitrogen and oxygen atoms in total. The summed E-state index contributed by atoms with van der Waals surface area (Å²) >= 11 is 0. The summed E-state index contributed by atoms with van der Waals surface area (Å²) in [7, 11) is 0. The molecule has 0 aliphatic heterocycles. The molecule has 0 radical (unpaired) electrons. The SMILES string of the molecule is CCC(C(=O)O)N(C(=O)Cc1cccc(C(F)(F)F)c1)c1ccc(C2CCCCC2)cc1. The summed E-state index contributed by atoms with van der Waals surface area (Å²) in [6.45, 7) is 1.67. The zero-order valence-corrected chi connectivity index (χ0v) is 18.1. The van der Waals surface area contributed by atoms with Gasteiger partial charge in [0.1, 0.15) is 6.04 Å². The third-order valence-electron chi connectivity index (χ3n) is 6.11. The maximum absolute atomic E-state index is 13.1. The minimum Gasteiger partial charge on any atom is -0.480 e. The second kappa shape index (κ2) is 10.2. The highest BCUT2D eigenvalue weighted by molar-refractivity contribution is 6.00. The van der Waals surface area contributed by atoms with Gasteiger partial charge in [-0.1, -0.05) is 56.5 Å². The number of nitrogens with zero attached hydrogens (tertiary/aromatic N) is 1. The monoisotopic (exact) mass is 447 g/mol. The molecule has 7 heteroatoms. The Balaban J connectivity index is 1.87. The summed E-state index contributed by atoms with van der Waals surface area (Å²) in [4.78, 5) is 26.2. The van der Waals surface area contributed by atoms with Crippen LogP contribution < -0.4 is 4.90 Å². The molecular weight excluding hydrogens is 419 g/mol. The Hall–Kier alpha value is -2.83. The highest BCUT2D eigenvalue weighted by atomic mass is 19.4. The summed E-state index contributed by atoms with van der Waals surface area (Å²) in [5.74, 6) is -1.24. The molecule has 2 aromatic rings. The van der Waals surface area contributed by atoms with Crippen molar-refractivity contribution in [2.45, 2.75) is 70.0 Å². The van der Waals surface area contributed by atoms with Crippen LogP contribution in [-0.2, 0) is 22.2 Å². The van der Waals surface area contributed by atoms with Gasteiger partial charge in [-0.15, -0.1) is 0 Å². The summed E-state index contributed by atoms with van der Waals surface area (Å²) in [5, 5.41) is 9.69. The lowest BCUT2D eigenvalue weighted by Crippen LogP contribution is -2.45. The number of aliphatic carboxylic acids is 1. The van der Waals surface area contributed by atoms with Crippen LogP contribution in [0, 0.1) is 0 Å². The fourth-order valence-electron chi connectivity index (χ4n) is 4.43. The minimum atomic E-state index is -4.51. The van der Waals surface area contributed by atoms with Gasteiger partial charge in [-0.05, 0) is 54.5 Å². The molecule has 1 aliphatic rings. The number of rotatable bonds is 7. The largest absolute Gasteiger partial charge is 0.480 e. The topological polar surface area (TPSA) is 57.6 Å². The predicted octanol–water partition coefficient (Wildman–Crippen LogP) is 6.19. The normalized spacial score (nSPS) is 15.9. The first-order valence-electron chi connectivity index (χ1n) is 11.0. The molecule has 32 heavy (non-hydrogen) atoms. The Morgan fingerprint density at radius 2 is 1.72 bits per heavy atom. The van der Waals surface area contributed by atoms with E-state index in [0.29, 0.717) is 11.6 Å². The van der Waals surface area contributed by atoms with Gasteiger partial charge in [-0.25, -0.2) is 4.79 Å². The van der Waals surface area contributed by atoms with Crippen LogP contribution in [0.3, 0.4) is 0 Å². The van der Waals surface area contributed by atoms with Crippen LogP contribution in [0.4, 0.5) is 18.9 Å². The van der Waals surface area contributed by atoms with Crippen LogP contribution in [0.15, 0.2) is 48.5 Å². The maximum Gasteiger partial charge on any atom is 0.416 e. The van der Waals surface area contributed by atoms with Crippen LogP contribution in [0.2, 0.25) is 0 Å². The zero-order chi connectivity index (χ0) is 23.3. The summed E-state index contributed by atoms with van der Waals surface area (Å²) in [6, 6.07) is 10.8. The van der Waals surface area contributed by atoms with E-state index in [1.807, 2.05) is 12.1 Å². The van der Waals surface area contributed by atoms with Crippen molar-refractivity contribution in [3.8, 4) is 0 Å². The molecule has 1 N–H and O–H groups in total. The Morgan fingerprint density at radius 3 is 2.28 bits per heavy atom. The van der Waals surface area contributed by atoms with E-state index in [9.17, 15) is 27.9 Å². The van der Waals surface area contributed by atoms with Crippen molar-refractivity contribution in [2.24, 2.45) is 0 Å². The molecule has 0 spiro atoms. The van der Waals surface area contributed by atoms with Gasteiger partial charge in [0, 0.05) is 5.69 Å². The quantitative estimate of drug-likeness (QED) is 0.550. The highest BCUT2D eigenvalue weighted by Crippen LogP contribution is 2.34. The van der Waals surface area contributed by atoms with Crippen molar-refractivity contribution in [3.05, 3.63) is 65.2 Å². The molecule has 1 fully saturated rings. The van der Waals surface area contributed by atoms with Crippen molar-refractivity contribution in [1.82, 2.24) is 0 Å². The number of carboxylic acid groups (broad SMARTS) is 1. The molecule has 1 amide bonds. The van der Waals surface area contributed by atoms with E-state index in [1.165, 1.54) is 41.9 Å². The van der Waals surface area contributed by atoms with E-state index in [2.05, 4.69) is 0 Å². The van der Waals surface area contributed by atoms with Gasteiger partial charge in [0.25, 0.3) is 0 Å². The lowest BCUT2D eigenvalue weighted by molar-refractivity contribution is -0.140. The molecule has 0 bridgehead atoms. The molecule has 0 aromatic heterocycles. The predicted molar refractivity (Wildman–Crippen MR) is 117 cm³/mol. The van der Waals surface area contributed by atoms with Crippen molar-refractivity contribution in [2.75, 3.05) is 4.90 Å².